The van der Waals surface area contributed by atoms with Gasteiger partial charge in [-0.25, -0.2) is 4.39 Å². The van der Waals surface area contributed by atoms with Crippen LogP contribution in [0.25, 0.3) is 11.0 Å². The molecule has 5 heteroatoms. The lowest BCUT2D eigenvalue weighted by Crippen LogP contribution is -2.12. The molecule has 2 heterocycles. The quantitative estimate of drug-likeness (QED) is 0.802. The van der Waals surface area contributed by atoms with Gasteiger partial charge in [-0.3, -0.25) is 4.98 Å². The fraction of sp³-hybridized carbons (Fsp3) is 0.188. The van der Waals surface area contributed by atoms with Crippen LogP contribution in [0.15, 0.2) is 41.1 Å². The van der Waals surface area contributed by atoms with Gasteiger partial charge >= 0.3 is 0 Å². The van der Waals surface area contributed by atoms with Crippen molar-refractivity contribution in [3.05, 3.63) is 59.4 Å². The molecule has 4 nitrogen and oxygen atoms in total. The van der Waals surface area contributed by atoms with Crippen molar-refractivity contribution in [1.29, 1.82) is 0 Å². The largest absolute Gasteiger partial charge is 0.497 e. The first-order chi connectivity index (χ1) is 10.1. The van der Waals surface area contributed by atoms with Gasteiger partial charge in [-0.2, -0.15) is 0 Å². The first-order valence-electron chi connectivity index (χ1n) is 6.53. The van der Waals surface area contributed by atoms with Crippen LogP contribution in [0.4, 0.5) is 4.39 Å². The Morgan fingerprint density at radius 3 is 2.81 bits per heavy atom. The Labute approximate surface area is 121 Å². The molecule has 108 valence electrons. The fourth-order valence-corrected chi connectivity index (χ4v) is 2.39. The Kier molecular flexibility index (Phi) is 3.35. The van der Waals surface area contributed by atoms with Gasteiger partial charge in [-0.05, 0) is 36.8 Å². The first kappa shape index (κ1) is 13.6. The van der Waals surface area contributed by atoms with E-state index in [0.717, 1.165) is 28.5 Å². The van der Waals surface area contributed by atoms with Crippen LogP contribution in [0.2, 0.25) is 0 Å². The van der Waals surface area contributed by atoms with Crippen molar-refractivity contribution in [2.75, 3.05) is 7.11 Å². The average molecular weight is 286 g/mol. The number of halogens is 1. The van der Waals surface area contributed by atoms with Crippen molar-refractivity contribution in [3.8, 4) is 5.75 Å². The molecule has 0 radical (unpaired) electrons. The van der Waals surface area contributed by atoms with Crippen molar-refractivity contribution in [3.63, 3.8) is 0 Å². The number of hydrogen-bond donors (Lipinski definition) is 1. The predicted octanol–water partition coefficient (Wildman–Crippen LogP) is 3.33. The maximum atomic E-state index is 13.3. The third-order valence-electron chi connectivity index (χ3n) is 3.55. The lowest BCUT2D eigenvalue weighted by molar-refractivity contribution is 0.415. The standard InChI is InChI=1S/C16H15FN2O2/c1-9-13-6-12(20-2)3-4-14(13)21-16(9)15(18)10-5-11(17)8-19-7-10/h3-8,15H,18H2,1-2H3. The maximum Gasteiger partial charge on any atom is 0.141 e. The minimum atomic E-state index is -0.563. The fourth-order valence-electron chi connectivity index (χ4n) is 2.39. The third kappa shape index (κ3) is 2.36. The molecule has 1 unspecified atom stereocenters. The lowest BCUT2D eigenvalue weighted by atomic mass is 10.0. The summed E-state index contributed by atoms with van der Waals surface area (Å²) in [5.41, 5.74) is 8.40. The monoisotopic (exact) mass is 286 g/mol. The molecule has 0 bridgehead atoms. The summed E-state index contributed by atoms with van der Waals surface area (Å²) in [6, 6.07) is 6.36. The number of aromatic nitrogens is 1. The SMILES string of the molecule is COc1ccc2oc(C(N)c3cncc(F)c3)c(C)c2c1. The van der Waals surface area contributed by atoms with E-state index in [-0.39, 0.29) is 0 Å². The molecule has 0 aliphatic carbocycles. The number of nitrogens with zero attached hydrogens (tertiary/aromatic N) is 1. The van der Waals surface area contributed by atoms with Crippen LogP contribution in [0.1, 0.15) is 22.9 Å². The van der Waals surface area contributed by atoms with Gasteiger partial charge in [0.2, 0.25) is 0 Å². The lowest BCUT2D eigenvalue weighted by Gasteiger charge is -2.09. The molecule has 1 atom stereocenters. The summed E-state index contributed by atoms with van der Waals surface area (Å²) in [6.45, 7) is 1.92. The van der Waals surface area contributed by atoms with Gasteiger partial charge in [0, 0.05) is 17.1 Å². The molecule has 0 amide bonds. The van der Waals surface area contributed by atoms with Gasteiger partial charge in [-0.15, -0.1) is 0 Å². The van der Waals surface area contributed by atoms with Gasteiger partial charge in [0.1, 0.15) is 22.9 Å². The second-order valence-corrected chi connectivity index (χ2v) is 4.87. The molecule has 0 aliphatic rings. The van der Waals surface area contributed by atoms with Gasteiger partial charge in [0.05, 0.1) is 19.3 Å². The number of fused-ring (bicyclic) bond motifs is 1. The Morgan fingerprint density at radius 2 is 2.10 bits per heavy atom. The highest BCUT2D eigenvalue weighted by Gasteiger charge is 2.19. The molecule has 0 spiro atoms. The Morgan fingerprint density at radius 1 is 1.29 bits per heavy atom. The number of nitrogens with two attached hydrogens (primary N) is 1. The molecule has 2 aromatic heterocycles. The van der Waals surface area contributed by atoms with Gasteiger partial charge in [0.25, 0.3) is 0 Å². The summed E-state index contributed by atoms with van der Waals surface area (Å²) in [6.07, 6.45) is 2.69. The van der Waals surface area contributed by atoms with E-state index in [1.165, 1.54) is 6.07 Å². The van der Waals surface area contributed by atoms with E-state index in [4.69, 9.17) is 14.9 Å². The number of rotatable bonds is 3. The van der Waals surface area contributed by atoms with Crippen molar-refractivity contribution in [1.82, 2.24) is 4.98 Å². The Balaban J connectivity index is 2.10. The summed E-state index contributed by atoms with van der Waals surface area (Å²) in [5.74, 6) is 0.933. The second-order valence-electron chi connectivity index (χ2n) is 4.87. The van der Waals surface area contributed by atoms with Crippen LogP contribution < -0.4 is 10.5 Å². The van der Waals surface area contributed by atoms with Crippen molar-refractivity contribution >= 4 is 11.0 Å². The van der Waals surface area contributed by atoms with E-state index in [1.54, 1.807) is 13.3 Å². The molecule has 2 N–H and O–H groups in total. The minimum Gasteiger partial charge on any atom is -0.497 e. The summed E-state index contributed by atoms with van der Waals surface area (Å²) in [5, 5.41) is 0.934. The van der Waals surface area contributed by atoms with Crippen LogP contribution in [-0.4, -0.2) is 12.1 Å². The number of methoxy groups -OCH3 is 1. The van der Waals surface area contributed by atoms with Crippen molar-refractivity contribution in [2.45, 2.75) is 13.0 Å². The number of pyridine rings is 1. The molecule has 0 fully saturated rings. The zero-order valence-electron chi connectivity index (χ0n) is 11.8. The number of aryl methyl sites for hydroxylation is 1. The highest BCUT2D eigenvalue weighted by atomic mass is 19.1. The average Bonchev–Trinajstić information content (AvgIpc) is 2.83. The molecule has 0 saturated carbocycles. The molecular formula is C16H15FN2O2. The van der Waals surface area contributed by atoms with Crippen LogP contribution >= 0.6 is 0 Å². The highest BCUT2D eigenvalue weighted by Crippen LogP contribution is 2.33. The summed E-state index contributed by atoms with van der Waals surface area (Å²) in [4.78, 5) is 3.83. The van der Waals surface area contributed by atoms with E-state index in [9.17, 15) is 4.39 Å². The van der Waals surface area contributed by atoms with Crippen molar-refractivity contribution < 1.29 is 13.5 Å². The Bertz CT molecular complexity index is 798. The summed E-state index contributed by atoms with van der Waals surface area (Å²) in [7, 11) is 1.61. The highest BCUT2D eigenvalue weighted by molar-refractivity contribution is 5.83. The molecule has 0 aliphatic heterocycles. The van der Waals surface area contributed by atoms with E-state index >= 15 is 0 Å². The van der Waals surface area contributed by atoms with Crippen LogP contribution in [0.5, 0.6) is 5.75 Å². The number of ether oxygens (including phenoxy) is 1. The number of furan rings is 1. The Hall–Kier alpha value is -2.40. The van der Waals surface area contributed by atoms with E-state index in [2.05, 4.69) is 4.98 Å². The smallest absolute Gasteiger partial charge is 0.141 e. The first-order valence-corrected chi connectivity index (χ1v) is 6.53. The van der Waals surface area contributed by atoms with E-state index in [0.29, 0.717) is 11.3 Å². The molecule has 21 heavy (non-hydrogen) atoms. The topological polar surface area (TPSA) is 61.3 Å². The van der Waals surface area contributed by atoms with E-state index < -0.39 is 11.9 Å². The molecular weight excluding hydrogens is 271 g/mol. The third-order valence-corrected chi connectivity index (χ3v) is 3.55. The molecule has 3 aromatic rings. The van der Waals surface area contributed by atoms with Gasteiger partial charge < -0.3 is 14.9 Å². The number of hydrogen-bond acceptors (Lipinski definition) is 4. The summed E-state index contributed by atoms with van der Waals surface area (Å²) >= 11 is 0. The van der Waals surface area contributed by atoms with Gasteiger partial charge in [0.15, 0.2) is 0 Å². The van der Waals surface area contributed by atoms with Crippen LogP contribution in [0.3, 0.4) is 0 Å². The zero-order valence-corrected chi connectivity index (χ0v) is 11.8. The number of benzene rings is 1. The second kappa shape index (κ2) is 5.18. The summed E-state index contributed by atoms with van der Waals surface area (Å²) < 4.78 is 24.3. The minimum absolute atomic E-state index is 0.418. The molecule has 3 rings (SSSR count). The maximum absolute atomic E-state index is 13.3. The normalized spacial score (nSPS) is 12.6. The van der Waals surface area contributed by atoms with Crippen LogP contribution in [0, 0.1) is 12.7 Å². The zero-order chi connectivity index (χ0) is 15.0. The molecule has 0 saturated heterocycles. The predicted molar refractivity (Wildman–Crippen MR) is 77.7 cm³/mol. The van der Waals surface area contributed by atoms with E-state index in [1.807, 2.05) is 25.1 Å². The molecule has 1 aromatic carbocycles. The van der Waals surface area contributed by atoms with Crippen molar-refractivity contribution in [2.24, 2.45) is 5.73 Å². The van der Waals surface area contributed by atoms with Gasteiger partial charge in [-0.1, -0.05) is 0 Å². The van der Waals surface area contributed by atoms with Crippen LogP contribution in [-0.2, 0) is 0 Å².